The molecule has 0 aromatic heterocycles. The average molecular weight is 291 g/mol. The maximum atomic E-state index is 6.11. The van der Waals surface area contributed by atoms with Crippen molar-refractivity contribution in [2.45, 2.75) is 12.6 Å². The summed E-state index contributed by atoms with van der Waals surface area (Å²) in [4.78, 5) is 2.32. The molecular weight excluding hydrogens is 277 g/mol. The van der Waals surface area contributed by atoms with E-state index in [0.29, 0.717) is 6.10 Å². The van der Waals surface area contributed by atoms with Crippen LogP contribution in [0.15, 0.2) is 22.7 Å². The van der Waals surface area contributed by atoms with Crippen LogP contribution in [0.2, 0.25) is 5.02 Å². The Labute approximate surface area is 103 Å². The Morgan fingerprint density at radius 2 is 2.27 bits per heavy atom. The molecule has 0 aliphatic carbocycles. The summed E-state index contributed by atoms with van der Waals surface area (Å²) in [5.74, 6) is 0. The molecule has 0 radical (unpaired) electrons. The molecule has 1 heterocycles. The van der Waals surface area contributed by atoms with Crippen molar-refractivity contribution in [3.05, 3.63) is 33.3 Å². The van der Waals surface area contributed by atoms with Crippen molar-refractivity contribution >= 4 is 27.5 Å². The maximum Gasteiger partial charge on any atom is 0.0825 e. The standard InChI is InChI=1S/C11H13BrClNO/c1-15-10-6-14(7-10)5-8-4-9(12)2-3-11(8)13/h2-4,10H,5-7H2,1H3. The molecule has 0 bridgehead atoms. The van der Waals surface area contributed by atoms with Crippen molar-refractivity contribution in [1.82, 2.24) is 4.90 Å². The van der Waals surface area contributed by atoms with Gasteiger partial charge in [-0.15, -0.1) is 0 Å². The van der Waals surface area contributed by atoms with Crippen molar-refractivity contribution in [3.63, 3.8) is 0 Å². The predicted molar refractivity (Wildman–Crippen MR) is 65.2 cm³/mol. The Balaban J connectivity index is 1.97. The average Bonchev–Trinajstić information content (AvgIpc) is 2.16. The summed E-state index contributed by atoms with van der Waals surface area (Å²) in [6.07, 6.45) is 0.399. The van der Waals surface area contributed by atoms with Gasteiger partial charge in [0.1, 0.15) is 0 Å². The van der Waals surface area contributed by atoms with E-state index < -0.39 is 0 Å². The SMILES string of the molecule is COC1CN(Cc2cc(Br)ccc2Cl)C1. The van der Waals surface area contributed by atoms with Crippen molar-refractivity contribution in [2.24, 2.45) is 0 Å². The van der Waals surface area contributed by atoms with Gasteiger partial charge in [0.2, 0.25) is 0 Å². The minimum atomic E-state index is 0.399. The van der Waals surface area contributed by atoms with E-state index in [-0.39, 0.29) is 0 Å². The summed E-state index contributed by atoms with van der Waals surface area (Å²) >= 11 is 9.56. The highest BCUT2D eigenvalue weighted by molar-refractivity contribution is 9.10. The zero-order valence-corrected chi connectivity index (χ0v) is 10.9. The molecule has 1 aromatic carbocycles. The van der Waals surface area contributed by atoms with Crippen LogP contribution in [0.25, 0.3) is 0 Å². The molecule has 0 N–H and O–H groups in total. The van der Waals surface area contributed by atoms with Crippen LogP contribution in [0.4, 0.5) is 0 Å². The van der Waals surface area contributed by atoms with Gasteiger partial charge >= 0.3 is 0 Å². The minimum Gasteiger partial charge on any atom is -0.379 e. The molecule has 0 amide bonds. The molecule has 1 aliphatic heterocycles. The second-order valence-corrected chi connectivity index (χ2v) is 5.11. The van der Waals surface area contributed by atoms with Gasteiger partial charge in [0.05, 0.1) is 6.10 Å². The number of ether oxygens (including phenoxy) is 1. The second kappa shape index (κ2) is 4.83. The monoisotopic (exact) mass is 289 g/mol. The van der Waals surface area contributed by atoms with Crippen LogP contribution in [-0.2, 0) is 11.3 Å². The van der Waals surface area contributed by atoms with Gasteiger partial charge < -0.3 is 4.74 Å². The topological polar surface area (TPSA) is 12.5 Å². The molecule has 0 unspecified atom stereocenters. The Morgan fingerprint density at radius 3 is 2.93 bits per heavy atom. The fourth-order valence-corrected chi connectivity index (χ4v) is 2.29. The van der Waals surface area contributed by atoms with Crippen molar-refractivity contribution in [2.75, 3.05) is 20.2 Å². The van der Waals surface area contributed by atoms with Gasteiger partial charge in [-0.3, -0.25) is 4.90 Å². The van der Waals surface area contributed by atoms with Gasteiger partial charge in [0.25, 0.3) is 0 Å². The molecule has 0 saturated carbocycles. The number of methoxy groups -OCH3 is 1. The van der Waals surface area contributed by atoms with E-state index in [1.165, 1.54) is 5.56 Å². The number of nitrogens with zero attached hydrogens (tertiary/aromatic N) is 1. The van der Waals surface area contributed by atoms with Gasteiger partial charge in [-0.05, 0) is 23.8 Å². The van der Waals surface area contributed by atoms with Crippen LogP contribution in [0.5, 0.6) is 0 Å². The Bertz CT molecular complexity index is 352. The highest BCUT2D eigenvalue weighted by Gasteiger charge is 2.26. The Kier molecular flexibility index (Phi) is 3.67. The summed E-state index contributed by atoms with van der Waals surface area (Å²) < 4.78 is 6.30. The first kappa shape index (κ1) is 11.4. The molecule has 1 fully saturated rings. The summed E-state index contributed by atoms with van der Waals surface area (Å²) in [5.41, 5.74) is 1.17. The van der Waals surface area contributed by atoms with Gasteiger partial charge in [-0.25, -0.2) is 0 Å². The number of likely N-dealkylation sites (tertiary alicyclic amines) is 1. The minimum absolute atomic E-state index is 0.399. The third-order valence-electron chi connectivity index (χ3n) is 2.66. The lowest BCUT2D eigenvalue weighted by Crippen LogP contribution is -2.50. The normalized spacial score (nSPS) is 17.8. The van der Waals surface area contributed by atoms with Crippen LogP contribution in [0.1, 0.15) is 5.56 Å². The lowest BCUT2D eigenvalue weighted by Gasteiger charge is -2.38. The van der Waals surface area contributed by atoms with Crippen molar-refractivity contribution in [3.8, 4) is 0 Å². The molecule has 4 heteroatoms. The first-order chi connectivity index (χ1) is 7.19. The molecular formula is C11H13BrClNO. The van der Waals surface area contributed by atoms with E-state index in [1.807, 2.05) is 12.1 Å². The lowest BCUT2D eigenvalue weighted by atomic mass is 10.1. The van der Waals surface area contributed by atoms with E-state index in [2.05, 4.69) is 26.9 Å². The van der Waals surface area contributed by atoms with Crippen LogP contribution < -0.4 is 0 Å². The summed E-state index contributed by atoms with van der Waals surface area (Å²) in [6, 6.07) is 5.96. The molecule has 82 valence electrons. The van der Waals surface area contributed by atoms with Crippen LogP contribution in [0, 0.1) is 0 Å². The Morgan fingerprint density at radius 1 is 1.53 bits per heavy atom. The zero-order valence-electron chi connectivity index (χ0n) is 8.54. The highest BCUT2D eigenvalue weighted by atomic mass is 79.9. The third kappa shape index (κ3) is 2.72. The van der Waals surface area contributed by atoms with E-state index in [1.54, 1.807) is 7.11 Å². The molecule has 0 spiro atoms. The molecule has 2 rings (SSSR count). The number of hydrogen-bond donors (Lipinski definition) is 0. The van der Waals surface area contributed by atoms with Crippen LogP contribution in [0.3, 0.4) is 0 Å². The molecule has 2 nitrogen and oxygen atoms in total. The number of benzene rings is 1. The second-order valence-electron chi connectivity index (χ2n) is 3.79. The first-order valence-electron chi connectivity index (χ1n) is 4.88. The summed E-state index contributed by atoms with van der Waals surface area (Å²) in [7, 11) is 1.76. The molecule has 1 aromatic rings. The zero-order chi connectivity index (χ0) is 10.8. The summed E-state index contributed by atoms with van der Waals surface area (Å²) in [5, 5.41) is 0.832. The van der Waals surface area contributed by atoms with Gasteiger partial charge in [0, 0.05) is 36.2 Å². The van der Waals surface area contributed by atoms with E-state index in [0.717, 1.165) is 29.1 Å². The molecule has 1 aliphatic rings. The Hall–Kier alpha value is -0.0900. The molecule has 1 saturated heterocycles. The predicted octanol–water partition coefficient (Wildman–Crippen LogP) is 2.93. The fourth-order valence-electron chi connectivity index (χ4n) is 1.71. The van der Waals surface area contributed by atoms with E-state index >= 15 is 0 Å². The van der Waals surface area contributed by atoms with Gasteiger partial charge in [-0.1, -0.05) is 27.5 Å². The van der Waals surface area contributed by atoms with E-state index in [4.69, 9.17) is 16.3 Å². The third-order valence-corrected chi connectivity index (χ3v) is 3.52. The quantitative estimate of drug-likeness (QED) is 0.849. The van der Waals surface area contributed by atoms with E-state index in [9.17, 15) is 0 Å². The number of rotatable bonds is 3. The van der Waals surface area contributed by atoms with Crippen LogP contribution in [-0.4, -0.2) is 31.2 Å². The van der Waals surface area contributed by atoms with Crippen molar-refractivity contribution < 1.29 is 4.74 Å². The summed E-state index contributed by atoms with van der Waals surface area (Å²) in [6.45, 7) is 2.90. The first-order valence-corrected chi connectivity index (χ1v) is 6.05. The highest BCUT2D eigenvalue weighted by Crippen LogP contribution is 2.24. The molecule has 15 heavy (non-hydrogen) atoms. The van der Waals surface area contributed by atoms with Gasteiger partial charge in [-0.2, -0.15) is 0 Å². The van der Waals surface area contributed by atoms with Crippen LogP contribution >= 0.6 is 27.5 Å². The smallest absolute Gasteiger partial charge is 0.0825 e. The number of hydrogen-bond acceptors (Lipinski definition) is 2. The van der Waals surface area contributed by atoms with Crippen molar-refractivity contribution in [1.29, 1.82) is 0 Å². The van der Waals surface area contributed by atoms with Gasteiger partial charge in [0.15, 0.2) is 0 Å². The lowest BCUT2D eigenvalue weighted by molar-refractivity contribution is -0.0333. The fraction of sp³-hybridized carbons (Fsp3) is 0.455. The maximum absolute atomic E-state index is 6.11. The number of halogens is 2. The molecule has 0 atom stereocenters. The largest absolute Gasteiger partial charge is 0.379 e.